The van der Waals surface area contributed by atoms with E-state index in [0.29, 0.717) is 24.7 Å². The molecule has 0 fully saturated rings. The van der Waals surface area contributed by atoms with Gasteiger partial charge in [0.05, 0.1) is 4.88 Å². The Balaban J connectivity index is 1.35. The average molecular weight is 405 g/mol. The van der Waals surface area contributed by atoms with E-state index in [4.69, 9.17) is 16.7 Å². The van der Waals surface area contributed by atoms with Crippen molar-refractivity contribution in [1.29, 1.82) is 0 Å². The lowest BCUT2D eigenvalue weighted by molar-refractivity contribution is -0.121. The minimum atomic E-state index is -0.296. The molecule has 0 bridgehead atoms. The maximum atomic E-state index is 12.8. The number of aryl methyl sites for hydroxylation is 1. The molecule has 7 nitrogen and oxygen atoms in total. The van der Waals surface area contributed by atoms with Crippen LogP contribution in [0.1, 0.15) is 17.9 Å². The maximum absolute atomic E-state index is 12.8. The van der Waals surface area contributed by atoms with Crippen LogP contribution in [0.5, 0.6) is 0 Å². The molecule has 0 aliphatic heterocycles. The van der Waals surface area contributed by atoms with Gasteiger partial charge in [0.1, 0.15) is 5.82 Å². The van der Waals surface area contributed by atoms with Crippen molar-refractivity contribution in [2.24, 2.45) is 0 Å². The Labute approximate surface area is 164 Å². The lowest BCUT2D eigenvalue weighted by atomic mass is 10.2. The normalized spacial score (nSPS) is 10.4. The monoisotopic (exact) mass is 405 g/mol. The summed E-state index contributed by atoms with van der Waals surface area (Å²) in [4.78, 5) is 17.0. The van der Waals surface area contributed by atoms with E-state index in [0.717, 1.165) is 10.4 Å². The molecule has 27 heavy (non-hydrogen) atoms. The number of thiocarbonyl (C=S) groups is 1. The third kappa shape index (κ3) is 5.83. The fraction of sp³-hybridized carbons (Fsp3) is 0.176. The van der Waals surface area contributed by atoms with Crippen molar-refractivity contribution in [1.82, 2.24) is 26.3 Å². The molecule has 10 heteroatoms. The molecule has 3 N–H and O–H groups in total. The molecule has 3 rings (SSSR count). The number of aromatic nitrogens is 2. The molecule has 0 atom stereocenters. The number of nitrogens with zero attached hydrogens (tertiary/aromatic N) is 2. The molecule has 0 aliphatic rings. The van der Waals surface area contributed by atoms with Crippen LogP contribution in [0.25, 0.3) is 10.7 Å². The summed E-state index contributed by atoms with van der Waals surface area (Å²) in [5.41, 5.74) is 5.97. The summed E-state index contributed by atoms with van der Waals surface area (Å²) in [5, 5.41) is 8.99. The first-order valence-corrected chi connectivity index (χ1v) is 9.32. The molecular weight excluding hydrogens is 389 g/mol. The second kappa shape index (κ2) is 9.19. The highest BCUT2D eigenvalue weighted by Crippen LogP contribution is 2.21. The number of hydrogen-bond acceptors (Lipinski definition) is 6. The van der Waals surface area contributed by atoms with Gasteiger partial charge < -0.3 is 9.84 Å². The Morgan fingerprint density at radius 2 is 2.04 bits per heavy atom. The average Bonchev–Trinajstić information content (AvgIpc) is 3.35. The van der Waals surface area contributed by atoms with Gasteiger partial charge in [-0.2, -0.15) is 4.98 Å². The van der Waals surface area contributed by atoms with Gasteiger partial charge in [0.25, 0.3) is 0 Å². The van der Waals surface area contributed by atoms with Gasteiger partial charge in [0, 0.05) is 19.4 Å². The Kier molecular flexibility index (Phi) is 6.44. The Morgan fingerprint density at radius 3 is 2.78 bits per heavy atom. The molecule has 0 aliphatic carbocycles. The second-order valence-electron chi connectivity index (χ2n) is 5.47. The zero-order chi connectivity index (χ0) is 19.1. The predicted octanol–water partition coefficient (Wildman–Crippen LogP) is 2.57. The first kappa shape index (κ1) is 18.9. The second-order valence-corrected chi connectivity index (χ2v) is 6.83. The van der Waals surface area contributed by atoms with Crippen LogP contribution in [0.3, 0.4) is 0 Å². The molecule has 0 saturated carbocycles. The lowest BCUT2D eigenvalue weighted by Crippen LogP contribution is -2.46. The third-order valence-electron chi connectivity index (χ3n) is 3.46. The maximum Gasteiger partial charge on any atom is 0.238 e. The summed E-state index contributed by atoms with van der Waals surface area (Å²) in [6, 6.07) is 9.85. The van der Waals surface area contributed by atoms with E-state index in [9.17, 15) is 9.18 Å². The van der Waals surface area contributed by atoms with Crippen molar-refractivity contribution < 1.29 is 13.7 Å². The molecule has 2 heterocycles. The number of amides is 1. The van der Waals surface area contributed by atoms with Gasteiger partial charge >= 0.3 is 0 Å². The lowest BCUT2D eigenvalue weighted by Gasteiger charge is -2.11. The predicted molar refractivity (Wildman–Crippen MR) is 103 cm³/mol. The molecule has 0 radical (unpaired) electrons. The van der Waals surface area contributed by atoms with Crippen molar-refractivity contribution in [3.63, 3.8) is 0 Å². The van der Waals surface area contributed by atoms with E-state index in [1.165, 1.54) is 23.5 Å². The molecule has 0 spiro atoms. The summed E-state index contributed by atoms with van der Waals surface area (Å²) >= 11 is 6.59. The fourth-order valence-corrected chi connectivity index (χ4v) is 2.87. The van der Waals surface area contributed by atoms with Crippen molar-refractivity contribution in [2.45, 2.75) is 19.4 Å². The number of nitrogens with one attached hydrogen (secondary N) is 3. The molecule has 1 aromatic carbocycles. The molecule has 0 saturated heterocycles. The van der Waals surface area contributed by atoms with Crippen molar-refractivity contribution in [3.05, 3.63) is 59.0 Å². The van der Waals surface area contributed by atoms with Gasteiger partial charge in [-0.1, -0.05) is 23.4 Å². The standard InChI is InChI=1S/C17H16FN5O2S2/c18-12-5-3-11(4-6-12)10-19-17(26)22-21-14(24)7-8-15-20-16(23-25-15)13-2-1-9-27-13/h1-6,9H,7-8,10H2,(H,21,24)(H2,19,22,26). The van der Waals surface area contributed by atoms with Crippen LogP contribution in [0, 0.1) is 5.82 Å². The van der Waals surface area contributed by atoms with E-state index in [2.05, 4.69) is 26.3 Å². The quantitative estimate of drug-likeness (QED) is 0.429. The van der Waals surface area contributed by atoms with Crippen LogP contribution >= 0.6 is 23.6 Å². The summed E-state index contributed by atoms with van der Waals surface area (Å²) in [6.45, 7) is 0.412. The van der Waals surface area contributed by atoms with Gasteiger partial charge in [-0.3, -0.25) is 15.6 Å². The molecule has 140 valence electrons. The van der Waals surface area contributed by atoms with Gasteiger partial charge in [-0.15, -0.1) is 11.3 Å². The minimum Gasteiger partial charge on any atom is -0.357 e. The molecule has 0 unspecified atom stereocenters. The highest BCUT2D eigenvalue weighted by molar-refractivity contribution is 7.80. The first-order valence-electron chi connectivity index (χ1n) is 8.04. The van der Waals surface area contributed by atoms with Crippen LogP contribution < -0.4 is 16.2 Å². The number of rotatable bonds is 6. The third-order valence-corrected chi connectivity index (χ3v) is 4.57. The zero-order valence-electron chi connectivity index (χ0n) is 14.1. The summed E-state index contributed by atoms with van der Waals surface area (Å²) in [6.07, 6.45) is 0.487. The van der Waals surface area contributed by atoms with Crippen molar-refractivity contribution in [2.75, 3.05) is 0 Å². The topological polar surface area (TPSA) is 92.1 Å². The summed E-state index contributed by atoms with van der Waals surface area (Å²) < 4.78 is 18.0. The van der Waals surface area contributed by atoms with Gasteiger partial charge in [0.15, 0.2) is 5.11 Å². The number of carbonyl (C=O) groups excluding carboxylic acids is 1. The minimum absolute atomic E-state index is 0.166. The van der Waals surface area contributed by atoms with E-state index < -0.39 is 0 Å². The molecule has 3 aromatic rings. The highest BCUT2D eigenvalue weighted by Gasteiger charge is 2.11. The van der Waals surface area contributed by atoms with Crippen LogP contribution in [-0.4, -0.2) is 21.2 Å². The van der Waals surface area contributed by atoms with Crippen molar-refractivity contribution in [3.8, 4) is 10.7 Å². The number of hydrazine groups is 1. The number of thiophene rings is 1. The fourth-order valence-electron chi connectivity index (χ4n) is 2.10. The van der Waals surface area contributed by atoms with Crippen LogP contribution in [0.15, 0.2) is 46.3 Å². The Bertz CT molecular complexity index is 896. The largest absolute Gasteiger partial charge is 0.357 e. The van der Waals surface area contributed by atoms with E-state index in [-0.39, 0.29) is 23.3 Å². The molecule has 1 amide bonds. The van der Waals surface area contributed by atoms with Gasteiger partial charge in [0.2, 0.25) is 17.6 Å². The van der Waals surface area contributed by atoms with Crippen LogP contribution in [0.4, 0.5) is 4.39 Å². The SMILES string of the molecule is O=C(CCc1nc(-c2cccs2)no1)NNC(=S)NCc1ccc(F)cc1. The van der Waals surface area contributed by atoms with Gasteiger partial charge in [-0.05, 0) is 41.4 Å². The first-order chi connectivity index (χ1) is 13.1. The van der Waals surface area contributed by atoms with E-state index in [1.807, 2.05) is 17.5 Å². The number of hydrogen-bond donors (Lipinski definition) is 3. The molecule has 2 aromatic heterocycles. The van der Waals surface area contributed by atoms with E-state index >= 15 is 0 Å². The highest BCUT2D eigenvalue weighted by atomic mass is 32.1. The number of benzene rings is 1. The van der Waals surface area contributed by atoms with Crippen molar-refractivity contribution >= 4 is 34.6 Å². The summed E-state index contributed by atoms with van der Waals surface area (Å²) in [5.74, 6) is 0.350. The summed E-state index contributed by atoms with van der Waals surface area (Å²) in [7, 11) is 0. The number of carbonyl (C=O) groups is 1. The number of halogens is 1. The smallest absolute Gasteiger partial charge is 0.238 e. The zero-order valence-corrected chi connectivity index (χ0v) is 15.7. The van der Waals surface area contributed by atoms with Crippen LogP contribution in [0.2, 0.25) is 0 Å². The van der Waals surface area contributed by atoms with E-state index in [1.54, 1.807) is 12.1 Å². The Hall–Kier alpha value is -2.85. The molecular formula is C17H16FN5O2S2. The Morgan fingerprint density at radius 1 is 1.22 bits per heavy atom. The van der Waals surface area contributed by atoms with Crippen LogP contribution in [-0.2, 0) is 17.8 Å². The van der Waals surface area contributed by atoms with Gasteiger partial charge in [-0.25, -0.2) is 4.39 Å².